The van der Waals surface area contributed by atoms with Gasteiger partial charge in [0.1, 0.15) is 9.84 Å². The zero-order valence-corrected chi connectivity index (χ0v) is 8.36. The molecule has 0 aromatic rings. The molecule has 0 radical (unpaired) electrons. The molecule has 4 heteroatoms. The van der Waals surface area contributed by atoms with Crippen LogP contribution in [0.25, 0.3) is 0 Å². The van der Waals surface area contributed by atoms with Crippen LogP contribution in [0.1, 0.15) is 12.8 Å². The Labute approximate surface area is 74.8 Å². The van der Waals surface area contributed by atoms with Gasteiger partial charge in [0.2, 0.25) is 0 Å². The lowest BCUT2D eigenvalue weighted by Crippen LogP contribution is -2.18. The molecule has 0 spiro atoms. The van der Waals surface area contributed by atoms with E-state index in [1.54, 1.807) is 0 Å². The highest BCUT2D eigenvalue weighted by Gasteiger charge is 1.99. The Kier molecular flexibility index (Phi) is 6.02. The van der Waals surface area contributed by atoms with Gasteiger partial charge >= 0.3 is 0 Å². The Bertz CT molecular complexity index is 209. The maximum atomic E-state index is 10.7. The van der Waals surface area contributed by atoms with Crippen molar-refractivity contribution in [3.8, 4) is 0 Å². The van der Waals surface area contributed by atoms with Crippen molar-refractivity contribution in [1.82, 2.24) is 5.32 Å². The lowest BCUT2D eigenvalue weighted by atomic mass is 10.4. The molecular weight excluding hydrogens is 174 g/mol. The van der Waals surface area contributed by atoms with E-state index in [4.69, 9.17) is 0 Å². The molecule has 0 fully saturated rings. The van der Waals surface area contributed by atoms with Gasteiger partial charge in [-0.15, -0.1) is 6.58 Å². The summed E-state index contributed by atoms with van der Waals surface area (Å²) in [6.45, 7) is 5.23. The molecule has 12 heavy (non-hydrogen) atoms. The predicted molar refractivity (Wildman–Crippen MR) is 52.0 cm³/mol. The van der Waals surface area contributed by atoms with E-state index in [1.165, 1.54) is 6.26 Å². The third-order valence-corrected chi connectivity index (χ3v) is 2.42. The molecule has 0 rings (SSSR count). The summed E-state index contributed by atoms with van der Waals surface area (Å²) >= 11 is 0. The van der Waals surface area contributed by atoms with E-state index < -0.39 is 9.84 Å². The molecule has 1 N–H and O–H groups in total. The molecule has 0 heterocycles. The Morgan fingerprint density at radius 1 is 1.42 bits per heavy atom. The van der Waals surface area contributed by atoms with Gasteiger partial charge in [-0.3, -0.25) is 0 Å². The summed E-state index contributed by atoms with van der Waals surface area (Å²) in [5.41, 5.74) is 0. The smallest absolute Gasteiger partial charge is 0.147 e. The number of sulfone groups is 1. The van der Waals surface area contributed by atoms with Crippen LogP contribution in [0.4, 0.5) is 0 Å². The van der Waals surface area contributed by atoms with Crippen molar-refractivity contribution in [3.63, 3.8) is 0 Å². The van der Waals surface area contributed by atoms with Crippen molar-refractivity contribution < 1.29 is 8.42 Å². The van der Waals surface area contributed by atoms with Crippen LogP contribution in [0.15, 0.2) is 12.7 Å². The summed E-state index contributed by atoms with van der Waals surface area (Å²) in [5.74, 6) is 0.272. The quantitative estimate of drug-likeness (QED) is 0.473. The molecule has 0 aliphatic carbocycles. The Balaban J connectivity index is 3.17. The van der Waals surface area contributed by atoms with Gasteiger partial charge in [-0.05, 0) is 25.9 Å². The molecule has 0 aromatic heterocycles. The summed E-state index contributed by atoms with van der Waals surface area (Å²) in [7, 11) is -2.78. The minimum absolute atomic E-state index is 0.272. The van der Waals surface area contributed by atoms with Crippen LogP contribution in [-0.4, -0.2) is 33.5 Å². The van der Waals surface area contributed by atoms with Crippen molar-refractivity contribution in [1.29, 1.82) is 0 Å². The van der Waals surface area contributed by atoms with Crippen molar-refractivity contribution in [3.05, 3.63) is 12.7 Å². The normalized spacial score (nSPS) is 11.4. The van der Waals surface area contributed by atoms with Crippen molar-refractivity contribution in [2.45, 2.75) is 12.8 Å². The second-order valence-corrected chi connectivity index (χ2v) is 5.07. The maximum absolute atomic E-state index is 10.7. The van der Waals surface area contributed by atoms with Crippen LogP contribution >= 0.6 is 0 Å². The van der Waals surface area contributed by atoms with E-state index in [0.717, 1.165) is 19.5 Å². The molecular formula is C8H17NO2S. The lowest BCUT2D eigenvalue weighted by Gasteiger charge is -2.01. The highest BCUT2D eigenvalue weighted by Crippen LogP contribution is 1.87. The summed E-state index contributed by atoms with van der Waals surface area (Å²) in [4.78, 5) is 0. The molecule has 0 unspecified atom stereocenters. The van der Waals surface area contributed by atoms with Crippen LogP contribution in [0, 0.1) is 0 Å². The van der Waals surface area contributed by atoms with Crippen LogP contribution in [-0.2, 0) is 9.84 Å². The van der Waals surface area contributed by atoms with E-state index in [9.17, 15) is 8.42 Å². The van der Waals surface area contributed by atoms with Crippen LogP contribution in [0.5, 0.6) is 0 Å². The van der Waals surface area contributed by atoms with Gasteiger partial charge < -0.3 is 5.32 Å². The van der Waals surface area contributed by atoms with Gasteiger partial charge in [0.05, 0.1) is 5.75 Å². The molecule has 0 aromatic carbocycles. The van der Waals surface area contributed by atoms with Gasteiger partial charge in [0, 0.05) is 6.26 Å². The second-order valence-electron chi connectivity index (χ2n) is 2.81. The Morgan fingerprint density at radius 2 is 2.08 bits per heavy atom. The first-order valence-electron chi connectivity index (χ1n) is 4.05. The minimum Gasteiger partial charge on any atom is -0.316 e. The van der Waals surface area contributed by atoms with Gasteiger partial charge in [-0.25, -0.2) is 8.42 Å². The van der Waals surface area contributed by atoms with Crippen LogP contribution in [0.2, 0.25) is 0 Å². The molecule has 0 aliphatic heterocycles. The van der Waals surface area contributed by atoms with Crippen LogP contribution < -0.4 is 5.32 Å². The van der Waals surface area contributed by atoms with Gasteiger partial charge in [-0.2, -0.15) is 0 Å². The van der Waals surface area contributed by atoms with E-state index in [-0.39, 0.29) is 5.75 Å². The molecule has 0 amide bonds. The minimum atomic E-state index is -2.78. The van der Waals surface area contributed by atoms with E-state index in [0.29, 0.717) is 6.42 Å². The fourth-order valence-electron chi connectivity index (χ4n) is 0.788. The maximum Gasteiger partial charge on any atom is 0.147 e. The summed E-state index contributed by atoms with van der Waals surface area (Å²) in [6, 6.07) is 0. The largest absolute Gasteiger partial charge is 0.316 e. The summed E-state index contributed by atoms with van der Waals surface area (Å²) in [5, 5.41) is 3.12. The van der Waals surface area contributed by atoms with Gasteiger partial charge in [0.15, 0.2) is 0 Å². The Morgan fingerprint density at radius 3 is 2.58 bits per heavy atom. The second kappa shape index (κ2) is 6.20. The molecule has 0 bridgehead atoms. The first-order valence-corrected chi connectivity index (χ1v) is 6.11. The number of hydrogen-bond acceptors (Lipinski definition) is 3. The molecule has 0 saturated carbocycles. The zero-order valence-electron chi connectivity index (χ0n) is 7.54. The van der Waals surface area contributed by atoms with Crippen molar-refractivity contribution in [2.75, 3.05) is 25.1 Å². The number of rotatable bonds is 7. The molecule has 0 aliphatic rings. The lowest BCUT2D eigenvalue weighted by molar-refractivity contribution is 0.594. The summed E-state index contributed by atoms with van der Waals surface area (Å²) < 4.78 is 21.4. The van der Waals surface area contributed by atoms with E-state index >= 15 is 0 Å². The highest BCUT2D eigenvalue weighted by atomic mass is 32.2. The molecule has 0 atom stereocenters. The fraction of sp³-hybridized carbons (Fsp3) is 0.750. The first kappa shape index (κ1) is 11.6. The third-order valence-electron chi connectivity index (χ3n) is 1.39. The summed E-state index contributed by atoms with van der Waals surface area (Å²) in [6.07, 6.45) is 4.72. The number of nitrogens with one attached hydrogen (secondary N) is 1. The number of hydrogen-bond donors (Lipinski definition) is 1. The highest BCUT2D eigenvalue weighted by molar-refractivity contribution is 7.90. The molecule has 3 nitrogen and oxygen atoms in total. The van der Waals surface area contributed by atoms with Crippen molar-refractivity contribution in [2.24, 2.45) is 0 Å². The van der Waals surface area contributed by atoms with Gasteiger partial charge in [0.25, 0.3) is 0 Å². The third kappa shape index (κ3) is 9.65. The average Bonchev–Trinajstić information content (AvgIpc) is 1.94. The topological polar surface area (TPSA) is 46.2 Å². The average molecular weight is 191 g/mol. The first-order chi connectivity index (χ1) is 5.56. The van der Waals surface area contributed by atoms with E-state index in [2.05, 4.69) is 11.9 Å². The molecule has 72 valence electrons. The predicted octanol–water partition coefficient (Wildman–Crippen LogP) is 0.587. The SMILES string of the molecule is C=CCCNCCCS(C)(=O)=O. The fourth-order valence-corrected chi connectivity index (χ4v) is 1.46. The zero-order chi connectivity index (χ0) is 9.45. The molecule has 0 saturated heterocycles. The van der Waals surface area contributed by atoms with Crippen molar-refractivity contribution >= 4 is 9.84 Å². The van der Waals surface area contributed by atoms with Crippen LogP contribution in [0.3, 0.4) is 0 Å². The monoisotopic (exact) mass is 191 g/mol. The standard InChI is InChI=1S/C8H17NO2S/c1-3-4-6-9-7-5-8-12(2,10)11/h3,9H,1,4-8H2,2H3. The Hall–Kier alpha value is -0.350. The van der Waals surface area contributed by atoms with E-state index in [1.807, 2.05) is 6.08 Å². The van der Waals surface area contributed by atoms with Gasteiger partial charge in [-0.1, -0.05) is 6.08 Å².